The van der Waals surface area contributed by atoms with Crippen molar-refractivity contribution in [3.05, 3.63) is 107 Å². The van der Waals surface area contributed by atoms with Crippen LogP contribution in [-0.4, -0.2) is 11.8 Å². The second kappa shape index (κ2) is 11.8. The first kappa shape index (κ1) is 27.9. The van der Waals surface area contributed by atoms with E-state index < -0.39 is 46.7 Å². The second-order valence-corrected chi connectivity index (χ2v) is 7.02. The van der Waals surface area contributed by atoms with Gasteiger partial charge in [-0.15, -0.1) is 0 Å². The molecule has 0 amide bonds. The molecule has 0 radical (unpaired) electrons. The zero-order valence-corrected chi connectivity index (χ0v) is 19.3. The van der Waals surface area contributed by atoms with E-state index in [2.05, 4.69) is 0 Å². The minimum atomic E-state index is -5.26. The summed E-state index contributed by atoms with van der Waals surface area (Å²) in [7, 11) is 0.611. The molecule has 35 heavy (non-hydrogen) atoms. The van der Waals surface area contributed by atoms with Gasteiger partial charge in [-0.25, -0.2) is 0 Å². The molecule has 0 fully saturated rings. The Morgan fingerprint density at radius 2 is 1.17 bits per heavy atom. The van der Waals surface area contributed by atoms with Gasteiger partial charge in [0.25, 0.3) is 0 Å². The van der Waals surface area contributed by atoms with Crippen molar-refractivity contribution in [2.75, 3.05) is 0 Å². The molecule has 2 atom stereocenters. The molecule has 0 saturated heterocycles. The van der Waals surface area contributed by atoms with Crippen molar-refractivity contribution >= 4 is 20.9 Å². The topological polar surface area (TPSA) is 60.4 Å². The van der Waals surface area contributed by atoms with Gasteiger partial charge >= 0.3 is 18.3 Å². The Bertz CT molecular complexity index is 1120. The monoisotopic (exact) mass is 516 g/mol. The maximum Gasteiger partial charge on any atom is 0.417 e. The van der Waals surface area contributed by atoms with Crippen LogP contribution in [0.15, 0.2) is 78.9 Å². The Morgan fingerprint density at radius 3 is 1.63 bits per heavy atom. The standard InChI is InChI=1S/C24H16F6O3.H3OP/c25-23(26,27)17-12-7-13-18(24(28,29)30)20(17)21(31)19(16-10-5-2-6-11-16)22(32)33-14-15-8-3-1-4-9-15;1-2/h1-13,19H,14H2;2H3. The number of esters is 1. The van der Waals surface area contributed by atoms with Gasteiger partial charge in [0.05, 0.1) is 20.2 Å². The first-order valence-electron chi connectivity index (χ1n) is 9.86. The van der Waals surface area contributed by atoms with Crippen LogP contribution in [0.4, 0.5) is 26.3 Å². The number of benzene rings is 3. The average molecular weight is 516 g/mol. The van der Waals surface area contributed by atoms with Gasteiger partial charge in [0.2, 0.25) is 0 Å². The van der Waals surface area contributed by atoms with Crippen molar-refractivity contribution in [3.63, 3.8) is 0 Å². The number of ether oxygens (including phenoxy) is 1. The minimum absolute atomic E-state index is 0.0920. The van der Waals surface area contributed by atoms with Crippen molar-refractivity contribution in [1.82, 2.24) is 0 Å². The number of hydrogen-bond acceptors (Lipinski definition) is 4. The lowest BCUT2D eigenvalue weighted by molar-refractivity contribution is -0.147. The van der Waals surface area contributed by atoms with Gasteiger partial charge in [0.1, 0.15) is 12.5 Å². The highest BCUT2D eigenvalue weighted by Crippen LogP contribution is 2.41. The van der Waals surface area contributed by atoms with Crippen LogP contribution in [0.3, 0.4) is 0 Å². The zero-order valence-electron chi connectivity index (χ0n) is 17.9. The number of alkyl halides is 6. The molecule has 0 N–H and O–H groups in total. The van der Waals surface area contributed by atoms with Crippen LogP contribution in [0.1, 0.15) is 38.5 Å². The van der Waals surface area contributed by atoms with E-state index in [4.69, 9.17) is 9.30 Å². The van der Waals surface area contributed by atoms with Crippen LogP contribution in [0.5, 0.6) is 0 Å². The molecule has 3 aromatic rings. The Kier molecular flexibility index (Phi) is 9.42. The fourth-order valence-corrected chi connectivity index (χ4v) is 3.29. The normalized spacial score (nSPS) is 12.3. The Morgan fingerprint density at radius 1 is 0.714 bits per heavy atom. The number of carbonyl (C=O) groups is 2. The molecule has 0 aliphatic rings. The summed E-state index contributed by atoms with van der Waals surface area (Å²) >= 11 is 0. The lowest BCUT2D eigenvalue weighted by Crippen LogP contribution is -2.29. The fourth-order valence-electron chi connectivity index (χ4n) is 3.29. The number of Topliss-reactive ketones (excluding diaryl/α,β-unsaturated/α-hetero) is 1. The molecule has 0 bridgehead atoms. The third kappa shape index (κ3) is 7.05. The van der Waals surface area contributed by atoms with Gasteiger partial charge in [-0.2, -0.15) is 26.3 Å². The van der Waals surface area contributed by atoms with E-state index >= 15 is 0 Å². The smallest absolute Gasteiger partial charge is 0.417 e. The first-order valence-corrected chi connectivity index (χ1v) is 10.4. The molecule has 11 heteroatoms. The van der Waals surface area contributed by atoms with Gasteiger partial charge in [0, 0.05) is 5.56 Å². The van der Waals surface area contributed by atoms with Gasteiger partial charge in [0.15, 0.2) is 5.78 Å². The Labute approximate surface area is 198 Å². The summed E-state index contributed by atoms with van der Waals surface area (Å²) < 4.78 is 94.9. The number of ketones is 1. The lowest BCUT2D eigenvalue weighted by atomic mass is 9.85. The quantitative estimate of drug-likeness (QED) is 0.126. The first-order chi connectivity index (χ1) is 16.5. The zero-order chi connectivity index (χ0) is 26.2. The van der Waals surface area contributed by atoms with Crippen LogP contribution in [0.25, 0.3) is 0 Å². The number of hydrogen-bond donors (Lipinski definition) is 0. The molecule has 0 heterocycles. The predicted octanol–water partition coefficient (Wildman–Crippen LogP) is 6.37. The highest BCUT2D eigenvalue weighted by Gasteiger charge is 2.45. The molecule has 0 saturated carbocycles. The highest BCUT2D eigenvalue weighted by molar-refractivity contribution is 7.00. The molecule has 4 nitrogen and oxygen atoms in total. The van der Waals surface area contributed by atoms with Crippen LogP contribution in [-0.2, 0) is 33.1 Å². The SMILES string of the molecule is O=C(OCc1ccccc1)C(C(=O)c1c(C(F)(F)F)cccc1C(F)(F)F)c1ccccc1.O=[PH3]. The van der Waals surface area contributed by atoms with E-state index in [0.29, 0.717) is 32.9 Å². The maximum absolute atomic E-state index is 13.6. The molecule has 0 aliphatic heterocycles. The summed E-state index contributed by atoms with van der Waals surface area (Å²) in [5, 5.41) is 0. The van der Waals surface area contributed by atoms with E-state index in [-0.39, 0.29) is 12.2 Å². The van der Waals surface area contributed by atoms with Crippen LogP contribution in [0.2, 0.25) is 0 Å². The van der Waals surface area contributed by atoms with E-state index in [9.17, 15) is 35.9 Å². The molecule has 186 valence electrons. The third-order valence-corrected chi connectivity index (χ3v) is 4.78. The molecule has 3 rings (SSSR count). The minimum Gasteiger partial charge on any atom is -0.460 e. The van der Waals surface area contributed by atoms with Crippen LogP contribution < -0.4 is 0 Å². The highest BCUT2D eigenvalue weighted by atomic mass is 31.0. The third-order valence-electron chi connectivity index (χ3n) is 4.78. The number of halogens is 6. The molecular formula is C24H19F6O4P. The molecule has 0 spiro atoms. The summed E-state index contributed by atoms with van der Waals surface area (Å²) in [5.74, 6) is -4.95. The number of rotatable bonds is 6. The predicted molar refractivity (Wildman–Crippen MR) is 118 cm³/mol. The molecule has 0 aromatic heterocycles. The van der Waals surface area contributed by atoms with Crippen molar-refractivity contribution in [3.8, 4) is 0 Å². The van der Waals surface area contributed by atoms with Gasteiger partial charge in [-0.05, 0) is 23.3 Å². The maximum atomic E-state index is 13.6. The van der Waals surface area contributed by atoms with E-state index in [1.807, 2.05) is 0 Å². The average Bonchev–Trinajstić information content (AvgIpc) is 2.84. The summed E-state index contributed by atoms with van der Waals surface area (Å²) in [4.78, 5) is 26.1. The summed E-state index contributed by atoms with van der Waals surface area (Å²) in [6.45, 7) is -0.316. The summed E-state index contributed by atoms with van der Waals surface area (Å²) in [6, 6.07) is 16.4. The summed E-state index contributed by atoms with van der Waals surface area (Å²) in [5.41, 5.74) is -4.75. The lowest BCUT2D eigenvalue weighted by Gasteiger charge is -2.21. The Hall–Kier alpha value is -3.39. The summed E-state index contributed by atoms with van der Waals surface area (Å²) in [6.07, 6.45) is -10.5. The number of carbonyl (C=O) groups excluding carboxylic acids is 2. The largest absolute Gasteiger partial charge is 0.460 e. The molecule has 3 aromatic carbocycles. The molecule has 0 aliphatic carbocycles. The van der Waals surface area contributed by atoms with Crippen molar-refractivity contribution < 1.29 is 45.2 Å². The van der Waals surface area contributed by atoms with Crippen LogP contribution >= 0.6 is 9.12 Å². The van der Waals surface area contributed by atoms with Crippen molar-refractivity contribution in [1.29, 1.82) is 0 Å². The molecule has 2 unspecified atom stereocenters. The van der Waals surface area contributed by atoms with E-state index in [1.165, 1.54) is 30.3 Å². The van der Waals surface area contributed by atoms with Crippen molar-refractivity contribution in [2.24, 2.45) is 0 Å². The van der Waals surface area contributed by atoms with Gasteiger partial charge < -0.3 is 9.30 Å². The second-order valence-electron chi connectivity index (χ2n) is 7.02. The van der Waals surface area contributed by atoms with Gasteiger partial charge in [-0.1, -0.05) is 66.7 Å². The Balaban J connectivity index is 0.00000210. The fraction of sp³-hybridized carbons (Fsp3) is 0.167. The van der Waals surface area contributed by atoms with Crippen LogP contribution in [0, 0.1) is 0 Å². The van der Waals surface area contributed by atoms with E-state index in [1.54, 1.807) is 30.3 Å². The van der Waals surface area contributed by atoms with Gasteiger partial charge in [-0.3, -0.25) is 9.59 Å². The molecular weight excluding hydrogens is 497 g/mol. The van der Waals surface area contributed by atoms with Crippen molar-refractivity contribution in [2.45, 2.75) is 24.9 Å². The van der Waals surface area contributed by atoms with E-state index in [0.717, 1.165) is 0 Å².